The van der Waals surface area contributed by atoms with Gasteiger partial charge in [0.05, 0.1) is 20.8 Å². The molecule has 0 atom stereocenters. The molecule has 0 bridgehead atoms. The second-order valence-corrected chi connectivity index (χ2v) is 9.28. The van der Waals surface area contributed by atoms with Crippen molar-refractivity contribution in [3.63, 3.8) is 0 Å². The first-order valence-corrected chi connectivity index (χ1v) is 11.5. The lowest BCUT2D eigenvalue weighted by Gasteiger charge is -2.14. The number of aliphatic imine (C=N–C) groups is 1. The van der Waals surface area contributed by atoms with Crippen LogP contribution in [0, 0.1) is 7.14 Å². The fraction of sp³-hybridized carbons (Fsp3) is 0.182. The lowest BCUT2D eigenvalue weighted by Crippen LogP contribution is -2.06. The Morgan fingerprint density at radius 3 is 2.73 bits per heavy atom. The van der Waals surface area contributed by atoms with Crippen LogP contribution in [0.15, 0.2) is 53.2 Å². The number of hydrogen-bond donors (Lipinski definition) is 0. The molecule has 0 saturated heterocycles. The van der Waals surface area contributed by atoms with Gasteiger partial charge >= 0.3 is 5.97 Å². The van der Waals surface area contributed by atoms with Crippen molar-refractivity contribution in [1.29, 1.82) is 0 Å². The SMILES string of the molecule is C=C(C)COc1c(I)cc(/C=C2\N=C(c3cc(I)ccc3Cl)OC2=O)cc1OCC. The van der Waals surface area contributed by atoms with Gasteiger partial charge < -0.3 is 14.2 Å². The molecular weight excluding hydrogens is 632 g/mol. The average Bonchev–Trinajstić information content (AvgIpc) is 3.03. The van der Waals surface area contributed by atoms with Gasteiger partial charge in [-0.2, -0.15) is 0 Å². The highest BCUT2D eigenvalue weighted by molar-refractivity contribution is 14.1. The molecule has 0 aromatic heterocycles. The van der Waals surface area contributed by atoms with E-state index in [4.69, 9.17) is 25.8 Å². The van der Waals surface area contributed by atoms with E-state index in [9.17, 15) is 4.79 Å². The Bertz CT molecular complexity index is 1080. The Hall–Kier alpha value is -1.59. The highest BCUT2D eigenvalue weighted by Gasteiger charge is 2.26. The lowest BCUT2D eigenvalue weighted by atomic mass is 10.1. The van der Waals surface area contributed by atoms with Gasteiger partial charge in [0.1, 0.15) is 6.61 Å². The molecule has 0 saturated carbocycles. The van der Waals surface area contributed by atoms with E-state index < -0.39 is 5.97 Å². The van der Waals surface area contributed by atoms with Crippen LogP contribution in [0.4, 0.5) is 0 Å². The van der Waals surface area contributed by atoms with Gasteiger partial charge in [0.2, 0.25) is 5.90 Å². The molecule has 0 radical (unpaired) electrons. The van der Waals surface area contributed by atoms with Gasteiger partial charge in [-0.25, -0.2) is 9.79 Å². The average molecular weight is 650 g/mol. The van der Waals surface area contributed by atoms with E-state index in [1.807, 2.05) is 38.1 Å². The molecule has 5 nitrogen and oxygen atoms in total. The summed E-state index contributed by atoms with van der Waals surface area (Å²) in [6.45, 7) is 8.53. The van der Waals surface area contributed by atoms with Gasteiger partial charge in [0, 0.05) is 3.57 Å². The van der Waals surface area contributed by atoms with Crippen LogP contribution >= 0.6 is 56.8 Å². The minimum Gasteiger partial charge on any atom is -0.490 e. The van der Waals surface area contributed by atoms with Gasteiger partial charge in [0.15, 0.2) is 17.2 Å². The van der Waals surface area contributed by atoms with Crippen LogP contribution in [-0.4, -0.2) is 25.1 Å². The molecule has 3 rings (SSSR count). The van der Waals surface area contributed by atoms with Crippen molar-refractivity contribution in [2.24, 2.45) is 4.99 Å². The molecule has 30 heavy (non-hydrogen) atoms. The van der Waals surface area contributed by atoms with E-state index in [0.29, 0.717) is 35.3 Å². The summed E-state index contributed by atoms with van der Waals surface area (Å²) in [5.41, 5.74) is 2.42. The summed E-state index contributed by atoms with van der Waals surface area (Å²) in [7, 11) is 0. The molecule has 0 spiro atoms. The number of carbonyl (C=O) groups is 1. The number of benzene rings is 2. The fourth-order valence-corrected chi connectivity index (χ4v) is 4.08. The number of rotatable bonds is 7. The zero-order valence-electron chi connectivity index (χ0n) is 16.3. The Morgan fingerprint density at radius 2 is 2.03 bits per heavy atom. The first kappa shape index (κ1) is 23.1. The van der Waals surface area contributed by atoms with Crippen LogP contribution in [-0.2, 0) is 9.53 Å². The minimum absolute atomic E-state index is 0.189. The molecule has 1 aliphatic rings. The maximum absolute atomic E-state index is 12.4. The predicted octanol–water partition coefficient (Wildman–Crippen LogP) is 6.25. The van der Waals surface area contributed by atoms with E-state index >= 15 is 0 Å². The largest absolute Gasteiger partial charge is 0.490 e. The monoisotopic (exact) mass is 649 g/mol. The molecule has 0 fully saturated rings. The third-order valence-electron chi connectivity index (χ3n) is 3.88. The van der Waals surface area contributed by atoms with Crippen molar-refractivity contribution >= 4 is 74.7 Å². The first-order chi connectivity index (χ1) is 14.3. The highest BCUT2D eigenvalue weighted by atomic mass is 127. The van der Waals surface area contributed by atoms with E-state index in [1.54, 1.807) is 12.1 Å². The molecule has 8 heteroatoms. The third kappa shape index (κ3) is 5.55. The number of halogens is 3. The zero-order valence-corrected chi connectivity index (χ0v) is 21.4. The molecular formula is C22H18ClI2NO4. The van der Waals surface area contributed by atoms with Crippen molar-refractivity contribution < 1.29 is 19.0 Å². The summed E-state index contributed by atoms with van der Waals surface area (Å²) in [6, 6.07) is 9.14. The molecule has 2 aromatic carbocycles. The molecule has 1 heterocycles. The van der Waals surface area contributed by atoms with Crippen LogP contribution in [0.1, 0.15) is 25.0 Å². The van der Waals surface area contributed by atoms with Gasteiger partial charge in [-0.05, 0) is 107 Å². The van der Waals surface area contributed by atoms with E-state index in [-0.39, 0.29) is 11.6 Å². The van der Waals surface area contributed by atoms with Gasteiger partial charge in [-0.15, -0.1) is 0 Å². The van der Waals surface area contributed by atoms with Gasteiger partial charge in [0.25, 0.3) is 0 Å². The number of nitrogens with zero attached hydrogens (tertiary/aromatic N) is 1. The van der Waals surface area contributed by atoms with Crippen molar-refractivity contribution in [2.75, 3.05) is 13.2 Å². The number of cyclic esters (lactones) is 1. The summed E-state index contributed by atoms with van der Waals surface area (Å²) in [6.07, 6.45) is 1.66. The topological polar surface area (TPSA) is 57.1 Å². The number of carbonyl (C=O) groups excluding carboxylic acids is 1. The number of esters is 1. The van der Waals surface area contributed by atoms with Crippen molar-refractivity contribution in [2.45, 2.75) is 13.8 Å². The number of hydrogen-bond acceptors (Lipinski definition) is 5. The van der Waals surface area contributed by atoms with Gasteiger partial charge in [-0.3, -0.25) is 0 Å². The van der Waals surface area contributed by atoms with E-state index in [1.165, 1.54) is 0 Å². The smallest absolute Gasteiger partial charge is 0.363 e. The first-order valence-electron chi connectivity index (χ1n) is 9.00. The fourth-order valence-electron chi connectivity index (χ4n) is 2.61. The van der Waals surface area contributed by atoms with Crippen LogP contribution in [0.5, 0.6) is 11.5 Å². The molecule has 0 aliphatic carbocycles. The summed E-state index contributed by atoms with van der Waals surface area (Å²) in [5, 5.41) is 0.468. The lowest BCUT2D eigenvalue weighted by molar-refractivity contribution is -0.129. The molecule has 2 aromatic rings. The summed E-state index contributed by atoms with van der Waals surface area (Å²) in [5.74, 6) is 0.895. The Labute approximate surface area is 207 Å². The van der Waals surface area contributed by atoms with Crippen LogP contribution in [0.25, 0.3) is 6.08 Å². The van der Waals surface area contributed by atoms with Crippen LogP contribution in [0.2, 0.25) is 5.02 Å². The maximum atomic E-state index is 12.4. The highest BCUT2D eigenvalue weighted by Crippen LogP contribution is 2.36. The molecule has 0 N–H and O–H groups in total. The van der Waals surface area contributed by atoms with Crippen molar-refractivity contribution in [3.8, 4) is 11.5 Å². The van der Waals surface area contributed by atoms with Crippen LogP contribution < -0.4 is 9.47 Å². The minimum atomic E-state index is -0.532. The quantitative estimate of drug-likeness (QED) is 0.154. The Morgan fingerprint density at radius 1 is 1.27 bits per heavy atom. The second kappa shape index (κ2) is 10.1. The third-order valence-corrected chi connectivity index (χ3v) is 5.68. The normalized spacial score (nSPS) is 14.5. The molecule has 0 unspecified atom stereocenters. The van der Waals surface area contributed by atoms with Crippen molar-refractivity contribution in [3.05, 3.63) is 71.5 Å². The van der Waals surface area contributed by atoms with Crippen LogP contribution in [0.3, 0.4) is 0 Å². The maximum Gasteiger partial charge on any atom is 0.363 e. The Kier molecular flexibility index (Phi) is 7.81. The van der Waals surface area contributed by atoms with E-state index in [2.05, 4.69) is 56.8 Å². The molecule has 0 amide bonds. The molecule has 156 valence electrons. The summed E-state index contributed by atoms with van der Waals surface area (Å²) >= 11 is 10.6. The standard InChI is InChI=1S/C22H18ClI2NO4/c1-4-28-19-9-13(7-17(25)20(19)29-11-12(2)3)8-18-22(27)30-21(26-18)15-10-14(24)5-6-16(15)23/h5-10H,2,4,11H2,1,3H3/b18-8-. The zero-order chi connectivity index (χ0) is 21.8. The van der Waals surface area contributed by atoms with E-state index in [0.717, 1.165) is 18.3 Å². The predicted molar refractivity (Wildman–Crippen MR) is 135 cm³/mol. The molecule has 1 aliphatic heterocycles. The second-order valence-electron chi connectivity index (χ2n) is 6.47. The Balaban J connectivity index is 1.97. The number of ether oxygens (including phenoxy) is 3. The van der Waals surface area contributed by atoms with Gasteiger partial charge in [-0.1, -0.05) is 18.2 Å². The summed E-state index contributed by atoms with van der Waals surface area (Å²) in [4.78, 5) is 16.7. The summed E-state index contributed by atoms with van der Waals surface area (Å²) < 4.78 is 18.7. The van der Waals surface area contributed by atoms with Crippen molar-refractivity contribution in [1.82, 2.24) is 0 Å².